The molecule has 1 atom stereocenters. The van der Waals surface area contributed by atoms with Gasteiger partial charge in [0.25, 0.3) is 0 Å². The monoisotopic (exact) mass is 309 g/mol. The van der Waals surface area contributed by atoms with E-state index in [0.717, 1.165) is 31.0 Å². The number of carbonyl (C=O) groups is 1. The molecule has 0 saturated carbocycles. The zero-order chi connectivity index (χ0) is 15.4. The molecule has 1 aliphatic rings. The molecule has 0 spiro atoms. The van der Waals surface area contributed by atoms with E-state index in [-0.39, 0.29) is 6.03 Å². The molecule has 0 bridgehead atoms. The van der Waals surface area contributed by atoms with E-state index in [0.29, 0.717) is 12.1 Å². The normalized spacial score (nSPS) is 17.6. The Morgan fingerprint density at radius 1 is 1.29 bits per heavy atom. The standard InChI is InChI=1S/C16H24ClN3O/c1-12(13-4-6-14(17)7-5-13)18-15-8-10-20(11-9-15)16(21)19(2)3/h4-7,12,15,18H,8-11H2,1-3H3/t12-/m0/s1. The van der Waals surface area contributed by atoms with E-state index >= 15 is 0 Å². The van der Waals surface area contributed by atoms with Crippen molar-refractivity contribution in [2.45, 2.75) is 31.8 Å². The van der Waals surface area contributed by atoms with Gasteiger partial charge in [-0.15, -0.1) is 0 Å². The minimum Gasteiger partial charge on any atom is -0.331 e. The van der Waals surface area contributed by atoms with Crippen LogP contribution >= 0.6 is 11.6 Å². The summed E-state index contributed by atoms with van der Waals surface area (Å²) >= 11 is 5.92. The molecule has 2 amide bonds. The van der Waals surface area contributed by atoms with Crippen molar-refractivity contribution in [1.82, 2.24) is 15.1 Å². The fraction of sp³-hybridized carbons (Fsp3) is 0.562. The van der Waals surface area contributed by atoms with Gasteiger partial charge in [0.05, 0.1) is 0 Å². The van der Waals surface area contributed by atoms with Crippen LogP contribution in [0.3, 0.4) is 0 Å². The summed E-state index contributed by atoms with van der Waals surface area (Å²) in [4.78, 5) is 15.5. The maximum Gasteiger partial charge on any atom is 0.319 e. The van der Waals surface area contributed by atoms with Gasteiger partial charge in [-0.2, -0.15) is 0 Å². The van der Waals surface area contributed by atoms with Crippen molar-refractivity contribution >= 4 is 17.6 Å². The Hall–Kier alpha value is -1.26. The number of carbonyl (C=O) groups excluding carboxylic acids is 1. The fourth-order valence-electron chi connectivity index (χ4n) is 2.72. The first kappa shape index (κ1) is 16.1. The third kappa shape index (κ3) is 4.35. The van der Waals surface area contributed by atoms with Gasteiger partial charge in [-0.05, 0) is 37.5 Å². The first-order valence-corrected chi connectivity index (χ1v) is 7.83. The summed E-state index contributed by atoms with van der Waals surface area (Å²) in [6.45, 7) is 3.81. The van der Waals surface area contributed by atoms with Gasteiger partial charge in [0.1, 0.15) is 0 Å². The van der Waals surface area contributed by atoms with Crippen LogP contribution in [-0.2, 0) is 0 Å². The van der Waals surface area contributed by atoms with Crippen molar-refractivity contribution < 1.29 is 4.79 Å². The predicted octanol–water partition coefficient (Wildman–Crippen LogP) is 3.14. The van der Waals surface area contributed by atoms with Gasteiger partial charge in [0, 0.05) is 44.3 Å². The van der Waals surface area contributed by atoms with Crippen molar-refractivity contribution in [3.63, 3.8) is 0 Å². The summed E-state index contributed by atoms with van der Waals surface area (Å²) in [6, 6.07) is 8.83. The molecular formula is C16H24ClN3O. The Labute approximate surface area is 132 Å². The van der Waals surface area contributed by atoms with Crippen LogP contribution in [0.4, 0.5) is 4.79 Å². The minimum atomic E-state index is 0.110. The molecule has 1 aromatic carbocycles. The number of nitrogens with one attached hydrogen (secondary N) is 1. The van der Waals surface area contributed by atoms with Crippen molar-refractivity contribution in [3.8, 4) is 0 Å². The quantitative estimate of drug-likeness (QED) is 0.931. The second-order valence-electron chi connectivity index (χ2n) is 5.88. The van der Waals surface area contributed by atoms with Crippen LogP contribution in [0, 0.1) is 0 Å². The Morgan fingerprint density at radius 3 is 2.38 bits per heavy atom. The molecule has 1 N–H and O–H groups in total. The highest BCUT2D eigenvalue weighted by atomic mass is 35.5. The Balaban J connectivity index is 1.83. The van der Waals surface area contributed by atoms with E-state index in [1.165, 1.54) is 5.56 Å². The van der Waals surface area contributed by atoms with Crippen LogP contribution in [0.1, 0.15) is 31.4 Å². The van der Waals surface area contributed by atoms with Gasteiger partial charge in [0.15, 0.2) is 0 Å². The van der Waals surface area contributed by atoms with E-state index in [1.54, 1.807) is 19.0 Å². The van der Waals surface area contributed by atoms with Crippen molar-refractivity contribution in [3.05, 3.63) is 34.9 Å². The molecule has 4 nitrogen and oxygen atoms in total. The van der Waals surface area contributed by atoms with Gasteiger partial charge < -0.3 is 15.1 Å². The molecule has 5 heteroatoms. The molecule has 0 radical (unpaired) electrons. The third-order valence-electron chi connectivity index (χ3n) is 4.00. The van der Waals surface area contributed by atoms with Crippen molar-refractivity contribution in [2.75, 3.05) is 27.2 Å². The van der Waals surface area contributed by atoms with Crippen LogP contribution in [-0.4, -0.2) is 49.1 Å². The van der Waals surface area contributed by atoms with Gasteiger partial charge >= 0.3 is 6.03 Å². The minimum absolute atomic E-state index is 0.110. The Kier molecular flexibility index (Phi) is 5.48. The number of halogens is 1. The summed E-state index contributed by atoms with van der Waals surface area (Å²) in [5, 5.41) is 4.41. The van der Waals surface area contributed by atoms with Gasteiger partial charge in [0.2, 0.25) is 0 Å². The molecular weight excluding hydrogens is 286 g/mol. The SMILES string of the molecule is C[C@H](NC1CCN(C(=O)N(C)C)CC1)c1ccc(Cl)cc1. The molecule has 1 saturated heterocycles. The molecule has 1 fully saturated rings. The number of likely N-dealkylation sites (tertiary alicyclic amines) is 1. The lowest BCUT2D eigenvalue weighted by atomic mass is 10.0. The van der Waals surface area contributed by atoms with Crippen molar-refractivity contribution in [2.24, 2.45) is 0 Å². The smallest absolute Gasteiger partial charge is 0.319 e. The molecule has 0 aliphatic carbocycles. The molecule has 1 aromatic rings. The van der Waals surface area contributed by atoms with Crippen LogP contribution < -0.4 is 5.32 Å². The molecule has 21 heavy (non-hydrogen) atoms. The Bertz CT molecular complexity index is 467. The summed E-state index contributed by atoms with van der Waals surface area (Å²) in [6.07, 6.45) is 2.00. The number of hydrogen-bond acceptors (Lipinski definition) is 2. The number of hydrogen-bond donors (Lipinski definition) is 1. The lowest BCUT2D eigenvalue weighted by Gasteiger charge is -2.35. The number of amides is 2. The zero-order valence-electron chi connectivity index (χ0n) is 13.0. The van der Waals surface area contributed by atoms with Crippen LogP contribution in [0.25, 0.3) is 0 Å². The van der Waals surface area contributed by atoms with Crippen LogP contribution in [0.5, 0.6) is 0 Å². The highest BCUT2D eigenvalue weighted by Crippen LogP contribution is 2.19. The molecule has 0 aromatic heterocycles. The average Bonchev–Trinajstić information content (AvgIpc) is 2.47. The highest BCUT2D eigenvalue weighted by molar-refractivity contribution is 6.30. The average molecular weight is 310 g/mol. The molecule has 116 valence electrons. The van der Waals surface area contributed by atoms with Crippen LogP contribution in [0.15, 0.2) is 24.3 Å². The first-order chi connectivity index (χ1) is 9.97. The largest absolute Gasteiger partial charge is 0.331 e. The lowest BCUT2D eigenvalue weighted by Crippen LogP contribution is -2.48. The summed E-state index contributed by atoms with van der Waals surface area (Å²) < 4.78 is 0. The van der Waals surface area contributed by atoms with Crippen molar-refractivity contribution in [1.29, 1.82) is 0 Å². The fourth-order valence-corrected chi connectivity index (χ4v) is 2.85. The second kappa shape index (κ2) is 7.14. The number of rotatable bonds is 3. The Morgan fingerprint density at radius 2 is 1.86 bits per heavy atom. The topological polar surface area (TPSA) is 35.6 Å². The second-order valence-corrected chi connectivity index (χ2v) is 6.31. The molecule has 1 heterocycles. The first-order valence-electron chi connectivity index (χ1n) is 7.45. The molecule has 1 aliphatic heterocycles. The van der Waals surface area contributed by atoms with E-state index in [4.69, 9.17) is 11.6 Å². The number of piperidine rings is 1. The predicted molar refractivity (Wildman–Crippen MR) is 86.7 cm³/mol. The van der Waals surface area contributed by atoms with E-state index in [9.17, 15) is 4.79 Å². The number of urea groups is 1. The number of benzene rings is 1. The highest BCUT2D eigenvalue weighted by Gasteiger charge is 2.24. The summed E-state index contributed by atoms with van der Waals surface area (Å²) in [5.74, 6) is 0. The molecule has 0 unspecified atom stereocenters. The molecule has 2 rings (SSSR count). The maximum atomic E-state index is 11.9. The summed E-state index contributed by atoms with van der Waals surface area (Å²) in [5.41, 5.74) is 1.24. The number of nitrogens with zero attached hydrogens (tertiary/aromatic N) is 2. The lowest BCUT2D eigenvalue weighted by molar-refractivity contribution is 0.151. The van der Waals surface area contributed by atoms with Gasteiger partial charge in [-0.3, -0.25) is 0 Å². The third-order valence-corrected chi connectivity index (χ3v) is 4.26. The maximum absolute atomic E-state index is 11.9. The van der Waals surface area contributed by atoms with E-state index in [1.807, 2.05) is 17.0 Å². The van der Waals surface area contributed by atoms with E-state index in [2.05, 4.69) is 24.4 Å². The zero-order valence-corrected chi connectivity index (χ0v) is 13.7. The van der Waals surface area contributed by atoms with Crippen LogP contribution in [0.2, 0.25) is 5.02 Å². The summed E-state index contributed by atoms with van der Waals surface area (Å²) in [7, 11) is 3.60. The van der Waals surface area contributed by atoms with Gasteiger partial charge in [-0.25, -0.2) is 4.79 Å². The van der Waals surface area contributed by atoms with Gasteiger partial charge in [-0.1, -0.05) is 23.7 Å². The van der Waals surface area contributed by atoms with E-state index < -0.39 is 0 Å².